The zero-order valence-corrected chi connectivity index (χ0v) is 9.57. The highest BCUT2D eigenvalue weighted by molar-refractivity contribution is 7.11. The molecule has 1 amide bonds. The predicted molar refractivity (Wildman–Crippen MR) is 59.4 cm³/mol. The second kappa shape index (κ2) is 5.12. The molecule has 2 N–H and O–H groups in total. The van der Waals surface area contributed by atoms with E-state index in [0.717, 1.165) is 6.54 Å². The van der Waals surface area contributed by atoms with E-state index in [0.29, 0.717) is 0 Å². The van der Waals surface area contributed by atoms with Crippen LogP contribution in [0.3, 0.4) is 0 Å². The van der Waals surface area contributed by atoms with E-state index in [2.05, 4.69) is 29.7 Å². The summed E-state index contributed by atoms with van der Waals surface area (Å²) in [4.78, 5) is 13.7. The highest BCUT2D eigenvalue weighted by Crippen LogP contribution is 2.14. The summed E-state index contributed by atoms with van der Waals surface area (Å²) in [6, 6.07) is 4.04. The van der Waals surface area contributed by atoms with Crippen molar-refractivity contribution in [1.29, 1.82) is 0 Å². The van der Waals surface area contributed by atoms with E-state index in [1.165, 1.54) is 9.75 Å². The molecule has 14 heavy (non-hydrogen) atoms. The highest BCUT2D eigenvalue weighted by Gasteiger charge is 2.09. The summed E-state index contributed by atoms with van der Waals surface area (Å²) in [5.41, 5.74) is 0. The van der Waals surface area contributed by atoms with Gasteiger partial charge in [-0.1, -0.05) is 0 Å². The van der Waals surface area contributed by atoms with Crippen molar-refractivity contribution in [2.75, 3.05) is 7.05 Å². The molecule has 1 heterocycles. The number of nitrogens with one attached hydrogen (secondary N) is 2. The molecular weight excluding hydrogens is 196 g/mol. The number of hydrogen-bond acceptors (Lipinski definition) is 3. The SMILES string of the molecule is CNC(=O)[C@@H](C)NCc1ccc(C)s1. The van der Waals surface area contributed by atoms with Gasteiger partial charge in [-0.15, -0.1) is 11.3 Å². The fourth-order valence-electron chi connectivity index (χ4n) is 1.14. The van der Waals surface area contributed by atoms with Crippen molar-refractivity contribution in [3.63, 3.8) is 0 Å². The van der Waals surface area contributed by atoms with Gasteiger partial charge in [0.2, 0.25) is 5.91 Å². The van der Waals surface area contributed by atoms with Gasteiger partial charge in [0.05, 0.1) is 6.04 Å². The van der Waals surface area contributed by atoms with Gasteiger partial charge in [0, 0.05) is 23.3 Å². The molecule has 0 radical (unpaired) electrons. The van der Waals surface area contributed by atoms with Crippen LogP contribution in [0.1, 0.15) is 16.7 Å². The van der Waals surface area contributed by atoms with Gasteiger partial charge in [-0.2, -0.15) is 0 Å². The van der Waals surface area contributed by atoms with Gasteiger partial charge in [0.1, 0.15) is 0 Å². The average Bonchev–Trinajstić information content (AvgIpc) is 2.59. The molecule has 1 rings (SSSR count). The van der Waals surface area contributed by atoms with E-state index in [9.17, 15) is 4.79 Å². The van der Waals surface area contributed by atoms with Crippen LogP contribution in [-0.2, 0) is 11.3 Å². The summed E-state index contributed by atoms with van der Waals surface area (Å²) in [6.45, 7) is 4.70. The molecule has 0 fully saturated rings. The van der Waals surface area contributed by atoms with Crippen LogP contribution in [0.4, 0.5) is 0 Å². The van der Waals surface area contributed by atoms with Crippen LogP contribution < -0.4 is 10.6 Å². The minimum absolute atomic E-state index is 0.0262. The Hall–Kier alpha value is -0.870. The molecule has 0 aliphatic heterocycles. The van der Waals surface area contributed by atoms with Gasteiger partial charge in [-0.25, -0.2) is 0 Å². The first-order valence-corrected chi connectivity index (χ1v) is 5.45. The first-order chi connectivity index (χ1) is 6.63. The van der Waals surface area contributed by atoms with Crippen LogP contribution in [0, 0.1) is 6.92 Å². The van der Waals surface area contributed by atoms with E-state index < -0.39 is 0 Å². The summed E-state index contributed by atoms with van der Waals surface area (Å²) in [6.07, 6.45) is 0. The van der Waals surface area contributed by atoms with Crippen LogP contribution in [0.5, 0.6) is 0 Å². The Balaban J connectivity index is 2.37. The van der Waals surface area contributed by atoms with E-state index in [1.54, 1.807) is 18.4 Å². The zero-order chi connectivity index (χ0) is 10.6. The van der Waals surface area contributed by atoms with Gasteiger partial charge in [-0.3, -0.25) is 4.79 Å². The fourth-order valence-corrected chi connectivity index (χ4v) is 1.98. The van der Waals surface area contributed by atoms with Crippen LogP contribution in [0.15, 0.2) is 12.1 Å². The minimum Gasteiger partial charge on any atom is -0.358 e. The number of carbonyl (C=O) groups is 1. The summed E-state index contributed by atoms with van der Waals surface area (Å²) < 4.78 is 0. The Kier molecular flexibility index (Phi) is 4.10. The maximum absolute atomic E-state index is 11.2. The second-order valence-electron chi connectivity index (χ2n) is 3.23. The molecule has 0 spiro atoms. The van der Waals surface area contributed by atoms with E-state index >= 15 is 0 Å². The summed E-state index contributed by atoms with van der Waals surface area (Å²) >= 11 is 1.75. The molecule has 78 valence electrons. The van der Waals surface area contributed by atoms with Crippen LogP contribution in [0.2, 0.25) is 0 Å². The maximum Gasteiger partial charge on any atom is 0.236 e. The predicted octanol–water partition coefficient (Wildman–Crippen LogP) is 1.28. The van der Waals surface area contributed by atoms with Crippen LogP contribution in [0.25, 0.3) is 0 Å². The number of rotatable bonds is 4. The average molecular weight is 212 g/mol. The number of amides is 1. The topological polar surface area (TPSA) is 41.1 Å². The highest BCUT2D eigenvalue weighted by atomic mass is 32.1. The molecule has 3 nitrogen and oxygen atoms in total. The number of carbonyl (C=O) groups excluding carboxylic acids is 1. The third-order valence-electron chi connectivity index (χ3n) is 2.02. The van der Waals surface area contributed by atoms with Crippen molar-refractivity contribution in [1.82, 2.24) is 10.6 Å². The molecule has 0 aliphatic rings. The summed E-state index contributed by atoms with van der Waals surface area (Å²) in [5, 5.41) is 5.77. The maximum atomic E-state index is 11.2. The first-order valence-electron chi connectivity index (χ1n) is 4.63. The number of aryl methyl sites for hydroxylation is 1. The Bertz CT molecular complexity index is 309. The standard InChI is InChI=1S/C10H16N2OS/c1-7-4-5-9(14-7)6-12-8(2)10(13)11-3/h4-5,8,12H,6H2,1-3H3,(H,11,13)/t8-/m1/s1. The van der Waals surface area contributed by atoms with E-state index in [-0.39, 0.29) is 11.9 Å². The molecule has 0 saturated carbocycles. The fraction of sp³-hybridized carbons (Fsp3) is 0.500. The number of thiophene rings is 1. The Morgan fingerprint density at radius 2 is 2.29 bits per heavy atom. The van der Waals surface area contributed by atoms with Gasteiger partial charge < -0.3 is 10.6 Å². The molecule has 0 saturated heterocycles. The van der Waals surface area contributed by atoms with Crippen molar-refractivity contribution in [2.24, 2.45) is 0 Å². The molecular formula is C10H16N2OS. The molecule has 0 aromatic carbocycles. The Labute approximate surface area is 88.5 Å². The van der Waals surface area contributed by atoms with Crippen molar-refractivity contribution >= 4 is 17.2 Å². The molecule has 1 aromatic rings. The molecule has 0 unspecified atom stereocenters. The normalized spacial score (nSPS) is 12.5. The molecule has 0 bridgehead atoms. The second-order valence-corrected chi connectivity index (χ2v) is 4.60. The number of likely N-dealkylation sites (N-methyl/N-ethyl adjacent to an activating group) is 1. The Morgan fingerprint density at radius 3 is 2.79 bits per heavy atom. The zero-order valence-electron chi connectivity index (χ0n) is 8.76. The quantitative estimate of drug-likeness (QED) is 0.789. The lowest BCUT2D eigenvalue weighted by Gasteiger charge is -2.10. The lowest BCUT2D eigenvalue weighted by Crippen LogP contribution is -2.40. The third-order valence-corrected chi connectivity index (χ3v) is 3.02. The smallest absolute Gasteiger partial charge is 0.236 e. The van der Waals surface area contributed by atoms with Crippen molar-refractivity contribution in [3.05, 3.63) is 21.9 Å². The van der Waals surface area contributed by atoms with Gasteiger partial charge >= 0.3 is 0 Å². The third kappa shape index (κ3) is 3.12. The van der Waals surface area contributed by atoms with Crippen molar-refractivity contribution in [3.8, 4) is 0 Å². The van der Waals surface area contributed by atoms with Crippen molar-refractivity contribution in [2.45, 2.75) is 26.4 Å². The van der Waals surface area contributed by atoms with Gasteiger partial charge in [0.15, 0.2) is 0 Å². The Morgan fingerprint density at radius 1 is 1.57 bits per heavy atom. The molecule has 4 heteroatoms. The van der Waals surface area contributed by atoms with Crippen LogP contribution >= 0.6 is 11.3 Å². The monoisotopic (exact) mass is 212 g/mol. The van der Waals surface area contributed by atoms with Gasteiger partial charge in [-0.05, 0) is 26.0 Å². The largest absolute Gasteiger partial charge is 0.358 e. The summed E-state index contributed by atoms with van der Waals surface area (Å²) in [7, 11) is 1.65. The molecule has 0 aliphatic carbocycles. The van der Waals surface area contributed by atoms with E-state index in [1.807, 2.05) is 6.92 Å². The van der Waals surface area contributed by atoms with E-state index in [4.69, 9.17) is 0 Å². The van der Waals surface area contributed by atoms with Gasteiger partial charge in [0.25, 0.3) is 0 Å². The number of hydrogen-bond donors (Lipinski definition) is 2. The first kappa shape index (κ1) is 11.2. The lowest BCUT2D eigenvalue weighted by atomic mass is 10.3. The minimum atomic E-state index is -0.137. The lowest BCUT2D eigenvalue weighted by molar-refractivity contribution is -0.122. The molecule has 1 atom stereocenters. The summed E-state index contributed by atoms with van der Waals surface area (Å²) in [5.74, 6) is 0.0262. The van der Waals surface area contributed by atoms with Crippen molar-refractivity contribution < 1.29 is 4.79 Å². The molecule has 1 aromatic heterocycles. The van der Waals surface area contributed by atoms with Crippen LogP contribution in [-0.4, -0.2) is 19.0 Å².